The number of piperidine rings is 1. The molecule has 0 radical (unpaired) electrons. The van der Waals surface area contributed by atoms with Crippen molar-refractivity contribution in [3.8, 4) is 5.75 Å². The largest absolute Gasteiger partial charge is 0.493 e. The molecule has 1 aromatic carbocycles. The molecule has 168 valence electrons. The Morgan fingerprint density at radius 3 is 2.55 bits per heavy atom. The van der Waals surface area contributed by atoms with Crippen LogP contribution in [0.2, 0.25) is 0 Å². The lowest BCUT2D eigenvalue weighted by molar-refractivity contribution is 0.126. The molecule has 1 N–H and O–H groups in total. The first-order valence-corrected chi connectivity index (χ1v) is 11.0. The van der Waals surface area contributed by atoms with Gasteiger partial charge in [0.2, 0.25) is 0 Å². The van der Waals surface area contributed by atoms with Gasteiger partial charge < -0.3 is 19.9 Å². The van der Waals surface area contributed by atoms with Gasteiger partial charge in [-0.2, -0.15) is 0 Å². The number of nitrogens with one attached hydrogen (secondary N) is 1. The Hall–Kier alpha value is -2.67. The fourth-order valence-corrected chi connectivity index (χ4v) is 3.59. The molecule has 0 spiro atoms. The minimum absolute atomic E-state index is 0.124. The summed E-state index contributed by atoms with van der Waals surface area (Å²) in [5, 5.41) is 3.04. The number of nitrogens with zero attached hydrogens (tertiary/aromatic N) is 3. The summed E-state index contributed by atoms with van der Waals surface area (Å²) in [6.07, 6.45) is 3.02. The Labute approximate surface area is 184 Å². The second-order valence-corrected chi connectivity index (χ2v) is 8.64. The first kappa shape index (κ1) is 23.0. The lowest BCUT2D eigenvalue weighted by Gasteiger charge is -2.37. The van der Waals surface area contributed by atoms with E-state index in [2.05, 4.69) is 36.1 Å². The zero-order valence-electron chi connectivity index (χ0n) is 18.7. The Balaban J connectivity index is 1.61. The smallest absolute Gasteiger partial charge is 0.318 e. The van der Waals surface area contributed by atoms with Gasteiger partial charge in [0.1, 0.15) is 11.6 Å². The standard InChI is InChI=1S/C24H33FN4O2/c1-18(2)17-31-23-8-4-19(5-9-23)14-27-24(30)29(22-10-12-28(3)13-11-22)16-21-7-6-20(25)15-26-21/h4-9,15,18,22H,10-14,16-17H2,1-3H3,(H,27,30). The number of aromatic nitrogens is 1. The summed E-state index contributed by atoms with van der Waals surface area (Å²) in [6, 6.07) is 10.8. The van der Waals surface area contributed by atoms with Gasteiger partial charge in [0, 0.05) is 12.6 Å². The highest BCUT2D eigenvalue weighted by atomic mass is 19.1. The summed E-state index contributed by atoms with van der Waals surface area (Å²) >= 11 is 0. The molecule has 0 aliphatic carbocycles. The molecule has 1 aromatic heterocycles. The number of carbonyl (C=O) groups is 1. The number of pyridine rings is 1. The maximum Gasteiger partial charge on any atom is 0.318 e. The lowest BCUT2D eigenvalue weighted by atomic mass is 10.0. The number of halogens is 1. The number of hydrogen-bond acceptors (Lipinski definition) is 4. The van der Waals surface area contributed by atoms with Gasteiger partial charge in [0.05, 0.1) is 25.0 Å². The van der Waals surface area contributed by atoms with Crippen molar-refractivity contribution in [2.45, 2.75) is 45.8 Å². The van der Waals surface area contributed by atoms with Gasteiger partial charge in [0.25, 0.3) is 0 Å². The predicted molar refractivity (Wildman–Crippen MR) is 119 cm³/mol. The lowest BCUT2D eigenvalue weighted by Crippen LogP contribution is -2.49. The Kier molecular flexibility index (Phi) is 8.23. The Morgan fingerprint density at radius 2 is 1.94 bits per heavy atom. The molecule has 0 unspecified atom stereocenters. The third-order valence-corrected chi connectivity index (χ3v) is 5.46. The number of ether oxygens (including phenoxy) is 1. The van der Waals surface area contributed by atoms with Crippen LogP contribution in [-0.2, 0) is 13.1 Å². The molecule has 2 heterocycles. The van der Waals surface area contributed by atoms with Gasteiger partial charge in [0.15, 0.2) is 0 Å². The molecule has 0 bridgehead atoms. The van der Waals surface area contributed by atoms with E-state index in [0.29, 0.717) is 31.3 Å². The van der Waals surface area contributed by atoms with E-state index in [0.717, 1.165) is 37.2 Å². The van der Waals surface area contributed by atoms with Gasteiger partial charge in [-0.1, -0.05) is 26.0 Å². The zero-order valence-corrected chi connectivity index (χ0v) is 18.7. The molecular formula is C24H33FN4O2. The first-order chi connectivity index (χ1) is 14.9. The molecule has 6 nitrogen and oxygen atoms in total. The predicted octanol–water partition coefficient (Wildman–Crippen LogP) is 4.06. The van der Waals surface area contributed by atoms with Crippen molar-refractivity contribution in [1.82, 2.24) is 20.1 Å². The minimum Gasteiger partial charge on any atom is -0.493 e. The van der Waals surface area contributed by atoms with Crippen molar-refractivity contribution in [2.75, 3.05) is 26.7 Å². The second kappa shape index (κ2) is 11.1. The van der Waals surface area contributed by atoms with Crippen molar-refractivity contribution in [3.63, 3.8) is 0 Å². The molecule has 0 atom stereocenters. The first-order valence-electron chi connectivity index (χ1n) is 11.0. The number of rotatable bonds is 8. The van der Waals surface area contributed by atoms with Crippen LogP contribution < -0.4 is 10.1 Å². The average Bonchev–Trinajstić information content (AvgIpc) is 2.77. The van der Waals surface area contributed by atoms with E-state index in [-0.39, 0.29) is 17.9 Å². The van der Waals surface area contributed by atoms with E-state index in [1.54, 1.807) is 6.07 Å². The topological polar surface area (TPSA) is 57.7 Å². The third kappa shape index (κ3) is 7.21. The van der Waals surface area contributed by atoms with Crippen LogP contribution in [0.5, 0.6) is 5.75 Å². The van der Waals surface area contributed by atoms with Crippen LogP contribution in [0.1, 0.15) is 37.9 Å². The summed E-state index contributed by atoms with van der Waals surface area (Å²) in [7, 11) is 2.09. The molecular weight excluding hydrogens is 395 g/mol. The van der Waals surface area contributed by atoms with Crippen LogP contribution >= 0.6 is 0 Å². The van der Waals surface area contributed by atoms with Crippen LogP contribution in [0.25, 0.3) is 0 Å². The SMILES string of the molecule is CC(C)COc1ccc(CNC(=O)N(Cc2ccc(F)cn2)C2CCN(C)CC2)cc1. The number of amides is 2. The van der Waals surface area contributed by atoms with Crippen molar-refractivity contribution in [1.29, 1.82) is 0 Å². The van der Waals surface area contributed by atoms with Gasteiger partial charge in [-0.05, 0) is 68.7 Å². The summed E-state index contributed by atoms with van der Waals surface area (Å²) < 4.78 is 19.0. The number of likely N-dealkylation sites (tertiary alicyclic amines) is 1. The van der Waals surface area contributed by atoms with E-state index in [1.807, 2.05) is 29.2 Å². The van der Waals surface area contributed by atoms with Crippen LogP contribution in [0, 0.1) is 11.7 Å². The number of carbonyl (C=O) groups excluding carboxylic acids is 1. The monoisotopic (exact) mass is 428 g/mol. The van der Waals surface area contributed by atoms with Crippen molar-refractivity contribution < 1.29 is 13.9 Å². The second-order valence-electron chi connectivity index (χ2n) is 8.64. The fourth-order valence-electron chi connectivity index (χ4n) is 3.59. The highest BCUT2D eigenvalue weighted by Gasteiger charge is 2.27. The maximum atomic E-state index is 13.2. The van der Waals surface area contributed by atoms with Crippen molar-refractivity contribution in [3.05, 3.63) is 59.7 Å². The molecule has 2 aromatic rings. The number of urea groups is 1. The van der Waals surface area contributed by atoms with E-state index in [4.69, 9.17) is 4.74 Å². The third-order valence-electron chi connectivity index (χ3n) is 5.46. The summed E-state index contributed by atoms with van der Waals surface area (Å²) in [4.78, 5) is 21.3. The maximum absolute atomic E-state index is 13.2. The van der Waals surface area contributed by atoms with Crippen molar-refractivity contribution >= 4 is 6.03 Å². The van der Waals surface area contributed by atoms with E-state index >= 15 is 0 Å². The molecule has 1 aliphatic rings. The molecule has 2 amide bonds. The van der Waals surface area contributed by atoms with E-state index in [1.165, 1.54) is 12.3 Å². The normalized spacial score (nSPS) is 15.1. The Bertz CT molecular complexity index is 818. The van der Waals surface area contributed by atoms with Crippen LogP contribution in [0.4, 0.5) is 9.18 Å². The van der Waals surface area contributed by atoms with E-state index in [9.17, 15) is 9.18 Å². The minimum atomic E-state index is -0.375. The van der Waals surface area contributed by atoms with Crippen LogP contribution in [0.3, 0.4) is 0 Å². The summed E-state index contributed by atoms with van der Waals surface area (Å²) in [6.45, 7) is 7.60. The summed E-state index contributed by atoms with van der Waals surface area (Å²) in [5.41, 5.74) is 1.69. The molecule has 0 saturated carbocycles. The number of hydrogen-bond donors (Lipinski definition) is 1. The molecule has 31 heavy (non-hydrogen) atoms. The Morgan fingerprint density at radius 1 is 1.23 bits per heavy atom. The molecule has 1 fully saturated rings. The molecule has 3 rings (SSSR count). The highest BCUT2D eigenvalue weighted by molar-refractivity contribution is 5.74. The van der Waals surface area contributed by atoms with Crippen LogP contribution in [0.15, 0.2) is 42.6 Å². The quantitative estimate of drug-likeness (QED) is 0.689. The van der Waals surface area contributed by atoms with Gasteiger partial charge >= 0.3 is 6.03 Å². The zero-order chi connectivity index (χ0) is 22.2. The van der Waals surface area contributed by atoms with E-state index < -0.39 is 0 Å². The molecule has 1 aliphatic heterocycles. The van der Waals surface area contributed by atoms with Gasteiger partial charge in [-0.3, -0.25) is 4.98 Å². The van der Waals surface area contributed by atoms with Crippen LogP contribution in [-0.4, -0.2) is 53.6 Å². The van der Waals surface area contributed by atoms with Crippen molar-refractivity contribution in [2.24, 2.45) is 5.92 Å². The average molecular weight is 429 g/mol. The van der Waals surface area contributed by atoms with Gasteiger partial charge in [-0.15, -0.1) is 0 Å². The summed E-state index contributed by atoms with van der Waals surface area (Å²) in [5.74, 6) is 0.930. The van der Waals surface area contributed by atoms with Gasteiger partial charge in [-0.25, -0.2) is 9.18 Å². The number of benzene rings is 1. The fraction of sp³-hybridized carbons (Fsp3) is 0.500. The molecule has 1 saturated heterocycles. The molecule has 7 heteroatoms. The highest BCUT2D eigenvalue weighted by Crippen LogP contribution is 2.19.